The Kier molecular flexibility index (Phi) is 5.26. The van der Waals surface area contributed by atoms with Gasteiger partial charge in [-0.25, -0.2) is 4.98 Å². The molecule has 4 rings (SSSR count). The van der Waals surface area contributed by atoms with Crippen molar-refractivity contribution >= 4 is 22.5 Å². The van der Waals surface area contributed by atoms with Crippen molar-refractivity contribution in [2.75, 3.05) is 11.4 Å². The fourth-order valence-corrected chi connectivity index (χ4v) is 3.50. The summed E-state index contributed by atoms with van der Waals surface area (Å²) >= 11 is 0. The minimum absolute atomic E-state index is 0.130. The average molecular weight is 395 g/mol. The smallest absolute Gasteiger partial charge is 0.265 e. The molecule has 148 valence electrons. The second-order valence-electron chi connectivity index (χ2n) is 6.90. The number of fused-ring (bicyclic) bond motifs is 1. The van der Waals surface area contributed by atoms with E-state index in [2.05, 4.69) is 11.6 Å². The van der Waals surface area contributed by atoms with Crippen LogP contribution in [0.2, 0.25) is 0 Å². The number of hydrogen-bond donors (Lipinski definition) is 0. The number of aryl methyl sites for hydroxylation is 1. The number of benzene rings is 3. The monoisotopic (exact) mass is 395 g/mol. The highest BCUT2D eigenvalue weighted by molar-refractivity contribution is 6.06. The quantitative estimate of drug-likeness (QED) is 0.467. The number of amides is 1. The van der Waals surface area contributed by atoms with Crippen LogP contribution in [0, 0.1) is 6.92 Å². The first kappa shape index (κ1) is 19.3. The van der Waals surface area contributed by atoms with Crippen LogP contribution in [0.15, 0.2) is 96.3 Å². The zero-order chi connectivity index (χ0) is 21.1. The number of nitrogens with zero attached hydrogens (tertiary/aromatic N) is 3. The van der Waals surface area contributed by atoms with Crippen LogP contribution < -0.4 is 10.5 Å². The SMILES string of the molecule is C=CCN(C(=O)c1ccc(-n2c(C)nc3ccccc3c2=O)cc1)c1ccccc1. The summed E-state index contributed by atoms with van der Waals surface area (Å²) in [5.41, 5.74) is 2.55. The van der Waals surface area contributed by atoms with Gasteiger partial charge >= 0.3 is 0 Å². The van der Waals surface area contributed by atoms with Crippen LogP contribution in [0.1, 0.15) is 16.2 Å². The number of carbonyl (C=O) groups excluding carboxylic acids is 1. The van der Waals surface area contributed by atoms with Crippen molar-refractivity contribution in [3.8, 4) is 5.69 Å². The minimum atomic E-state index is -0.131. The van der Waals surface area contributed by atoms with Crippen LogP contribution in [0.25, 0.3) is 16.6 Å². The number of rotatable bonds is 5. The number of aromatic nitrogens is 2. The Morgan fingerprint density at radius 1 is 1.00 bits per heavy atom. The third-order valence-electron chi connectivity index (χ3n) is 4.94. The molecule has 5 nitrogen and oxygen atoms in total. The van der Waals surface area contributed by atoms with Crippen molar-refractivity contribution in [2.45, 2.75) is 6.92 Å². The summed E-state index contributed by atoms with van der Waals surface area (Å²) in [6.07, 6.45) is 1.70. The Hall–Kier alpha value is -3.99. The van der Waals surface area contributed by atoms with E-state index in [0.717, 1.165) is 5.69 Å². The molecule has 0 unspecified atom stereocenters. The molecule has 0 aliphatic rings. The third kappa shape index (κ3) is 3.53. The Bertz CT molecular complexity index is 1280. The van der Waals surface area contributed by atoms with Gasteiger partial charge in [-0.05, 0) is 55.5 Å². The Balaban J connectivity index is 1.71. The molecular weight excluding hydrogens is 374 g/mol. The van der Waals surface area contributed by atoms with Crippen LogP contribution in [-0.4, -0.2) is 22.0 Å². The number of carbonyl (C=O) groups is 1. The fraction of sp³-hybridized carbons (Fsp3) is 0.0800. The van der Waals surface area contributed by atoms with E-state index in [1.54, 1.807) is 52.8 Å². The lowest BCUT2D eigenvalue weighted by atomic mass is 10.1. The van der Waals surface area contributed by atoms with Gasteiger partial charge in [0.15, 0.2) is 0 Å². The van der Waals surface area contributed by atoms with E-state index >= 15 is 0 Å². The summed E-state index contributed by atoms with van der Waals surface area (Å²) in [7, 11) is 0. The van der Waals surface area contributed by atoms with Crippen LogP contribution >= 0.6 is 0 Å². The highest BCUT2D eigenvalue weighted by Crippen LogP contribution is 2.19. The summed E-state index contributed by atoms with van der Waals surface area (Å²) in [4.78, 5) is 32.3. The number of anilines is 1. The molecule has 3 aromatic carbocycles. The average Bonchev–Trinajstić information content (AvgIpc) is 2.78. The number of hydrogen-bond acceptors (Lipinski definition) is 3. The molecule has 0 aliphatic carbocycles. The minimum Gasteiger partial charge on any atom is -0.305 e. The second kappa shape index (κ2) is 8.17. The lowest BCUT2D eigenvalue weighted by molar-refractivity contribution is 0.0989. The van der Waals surface area contributed by atoms with Gasteiger partial charge in [0, 0.05) is 17.8 Å². The molecule has 0 bridgehead atoms. The van der Waals surface area contributed by atoms with Gasteiger partial charge in [0.1, 0.15) is 5.82 Å². The normalized spacial score (nSPS) is 10.7. The number of para-hydroxylation sites is 2. The summed E-state index contributed by atoms with van der Waals surface area (Å²) in [6.45, 7) is 5.96. The molecule has 30 heavy (non-hydrogen) atoms. The van der Waals surface area contributed by atoms with E-state index in [1.807, 2.05) is 48.5 Å². The van der Waals surface area contributed by atoms with Crippen LogP contribution in [-0.2, 0) is 0 Å². The first-order valence-corrected chi connectivity index (χ1v) is 9.67. The van der Waals surface area contributed by atoms with Crippen molar-refractivity contribution in [2.24, 2.45) is 0 Å². The van der Waals surface area contributed by atoms with Crippen LogP contribution in [0.5, 0.6) is 0 Å². The molecule has 0 fully saturated rings. The first-order chi connectivity index (χ1) is 14.6. The van der Waals surface area contributed by atoms with Crippen LogP contribution in [0.3, 0.4) is 0 Å². The molecule has 0 spiro atoms. The van der Waals surface area contributed by atoms with E-state index in [4.69, 9.17) is 0 Å². The molecule has 0 radical (unpaired) electrons. The zero-order valence-electron chi connectivity index (χ0n) is 16.7. The van der Waals surface area contributed by atoms with Crippen molar-refractivity contribution in [3.05, 3.63) is 113 Å². The van der Waals surface area contributed by atoms with Crippen molar-refractivity contribution in [1.82, 2.24) is 9.55 Å². The maximum atomic E-state index is 13.1. The summed E-state index contributed by atoms with van der Waals surface area (Å²) in [6, 6.07) is 23.8. The topological polar surface area (TPSA) is 55.2 Å². The van der Waals surface area contributed by atoms with Crippen molar-refractivity contribution in [3.63, 3.8) is 0 Å². The van der Waals surface area contributed by atoms with Gasteiger partial charge in [0.2, 0.25) is 0 Å². The van der Waals surface area contributed by atoms with E-state index in [1.165, 1.54) is 0 Å². The first-order valence-electron chi connectivity index (χ1n) is 9.67. The third-order valence-corrected chi connectivity index (χ3v) is 4.94. The van der Waals surface area contributed by atoms with E-state index in [0.29, 0.717) is 34.5 Å². The highest BCUT2D eigenvalue weighted by atomic mass is 16.2. The molecule has 0 saturated heterocycles. The molecule has 1 heterocycles. The second-order valence-corrected chi connectivity index (χ2v) is 6.90. The standard InChI is InChI=1S/C25H21N3O2/c1-3-17-27(20-9-5-4-6-10-20)24(29)19-13-15-21(16-14-19)28-18(2)26-23-12-8-7-11-22(23)25(28)30/h3-16H,1,17H2,2H3. The predicted molar refractivity (Wildman–Crippen MR) is 120 cm³/mol. The molecule has 0 N–H and O–H groups in total. The maximum absolute atomic E-state index is 13.1. The van der Waals surface area contributed by atoms with Crippen molar-refractivity contribution < 1.29 is 4.79 Å². The van der Waals surface area contributed by atoms with Gasteiger partial charge in [0.25, 0.3) is 11.5 Å². The zero-order valence-corrected chi connectivity index (χ0v) is 16.7. The van der Waals surface area contributed by atoms with Gasteiger partial charge in [-0.15, -0.1) is 6.58 Å². The largest absolute Gasteiger partial charge is 0.305 e. The van der Waals surface area contributed by atoms with Gasteiger partial charge in [-0.1, -0.05) is 36.4 Å². The maximum Gasteiger partial charge on any atom is 0.265 e. The molecule has 4 aromatic rings. The van der Waals surface area contributed by atoms with Gasteiger partial charge in [0.05, 0.1) is 16.6 Å². The summed E-state index contributed by atoms with van der Waals surface area (Å²) < 4.78 is 1.56. The lowest BCUT2D eigenvalue weighted by Gasteiger charge is -2.21. The molecule has 5 heteroatoms. The van der Waals surface area contributed by atoms with E-state index in [9.17, 15) is 9.59 Å². The molecule has 0 aliphatic heterocycles. The van der Waals surface area contributed by atoms with Crippen LogP contribution in [0.4, 0.5) is 5.69 Å². The molecule has 0 atom stereocenters. The highest BCUT2D eigenvalue weighted by Gasteiger charge is 2.17. The molecule has 0 saturated carbocycles. The van der Waals surface area contributed by atoms with Gasteiger partial charge in [-0.2, -0.15) is 0 Å². The summed E-state index contributed by atoms with van der Waals surface area (Å²) in [5.74, 6) is 0.462. The van der Waals surface area contributed by atoms with Crippen molar-refractivity contribution in [1.29, 1.82) is 0 Å². The Morgan fingerprint density at radius 3 is 2.37 bits per heavy atom. The van der Waals surface area contributed by atoms with E-state index < -0.39 is 0 Å². The lowest BCUT2D eigenvalue weighted by Crippen LogP contribution is -2.31. The molecule has 1 amide bonds. The summed E-state index contributed by atoms with van der Waals surface area (Å²) in [5, 5.41) is 0.560. The van der Waals surface area contributed by atoms with E-state index in [-0.39, 0.29) is 11.5 Å². The Morgan fingerprint density at radius 2 is 1.67 bits per heavy atom. The molecule has 1 aromatic heterocycles. The predicted octanol–water partition coefficient (Wildman–Crippen LogP) is 4.53. The van der Waals surface area contributed by atoms with Gasteiger partial charge < -0.3 is 4.90 Å². The van der Waals surface area contributed by atoms with Gasteiger partial charge in [-0.3, -0.25) is 14.2 Å². The Labute approximate surface area is 174 Å². The molecular formula is C25H21N3O2. The fourth-order valence-electron chi connectivity index (χ4n) is 3.50.